The van der Waals surface area contributed by atoms with Crippen LogP contribution in [0.15, 0.2) is 0 Å². The van der Waals surface area contributed by atoms with Crippen LogP contribution in [0.1, 0.15) is 59.8 Å². The largest absolute Gasteiger partial charge is 0.352 e. The first-order valence-corrected chi connectivity index (χ1v) is 8.58. The Morgan fingerprint density at radius 3 is 2.19 bits per heavy atom. The van der Waals surface area contributed by atoms with Crippen LogP contribution in [0.3, 0.4) is 0 Å². The third-order valence-electron chi connectivity index (χ3n) is 3.37. The van der Waals surface area contributed by atoms with E-state index in [0.717, 1.165) is 45.2 Å². The van der Waals surface area contributed by atoms with Crippen molar-refractivity contribution in [1.29, 1.82) is 0 Å². The van der Waals surface area contributed by atoms with Gasteiger partial charge < -0.3 is 21.7 Å². The van der Waals surface area contributed by atoms with Crippen LogP contribution in [0, 0.1) is 0 Å². The van der Waals surface area contributed by atoms with E-state index in [0.29, 0.717) is 12.6 Å². The zero-order valence-corrected chi connectivity index (χ0v) is 14.8. The van der Waals surface area contributed by atoms with Crippen LogP contribution < -0.4 is 16.8 Å². The molecule has 1 rings (SSSR count). The lowest BCUT2D eigenvalue weighted by Crippen LogP contribution is -2.49. The number of piperidine rings is 1. The topological polar surface area (TPSA) is 84.4 Å². The van der Waals surface area contributed by atoms with Crippen molar-refractivity contribution in [1.82, 2.24) is 10.2 Å². The van der Waals surface area contributed by atoms with Crippen LogP contribution in [0.4, 0.5) is 0 Å². The van der Waals surface area contributed by atoms with Gasteiger partial charge in [0.1, 0.15) is 0 Å². The number of nitrogens with one attached hydrogen (secondary N) is 1. The van der Waals surface area contributed by atoms with Gasteiger partial charge in [-0.3, -0.25) is 4.79 Å². The number of hydrogen-bond donors (Lipinski definition) is 3. The summed E-state index contributed by atoms with van der Waals surface area (Å²) in [6.45, 7) is 10.8. The average Bonchev–Trinajstić information content (AvgIpc) is 2.53. The molecule has 0 saturated carbocycles. The van der Waals surface area contributed by atoms with E-state index in [1.165, 1.54) is 0 Å². The Kier molecular flexibility index (Phi) is 17.0. The molecule has 0 aromatic heterocycles. The van der Waals surface area contributed by atoms with E-state index >= 15 is 0 Å². The summed E-state index contributed by atoms with van der Waals surface area (Å²) in [4.78, 5) is 14.1. The summed E-state index contributed by atoms with van der Waals surface area (Å²) in [5.74, 6) is -0.00317. The number of nitrogens with zero attached hydrogens (tertiary/aromatic N) is 1. The molecular formula is C16H38N4O. The monoisotopic (exact) mass is 302 g/mol. The lowest BCUT2D eigenvalue weighted by Gasteiger charge is -2.30. The Bertz CT molecular complexity index is 228. The number of likely N-dealkylation sites (tertiary alicyclic amines) is 1. The van der Waals surface area contributed by atoms with E-state index in [9.17, 15) is 4.79 Å². The van der Waals surface area contributed by atoms with Gasteiger partial charge in [0.05, 0.1) is 6.04 Å². The molecule has 0 aromatic carbocycles. The first-order valence-electron chi connectivity index (χ1n) is 8.58. The fraction of sp³-hybridized carbons (Fsp3) is 0.938. The Labute approximate surface area is 131 Å². The fourth-order valence-corrected chi connectivity index (χ4v) is 2.10. The molecule has 1 saturated heterocycles. The molecule has 1 heterocycles. The van der Waals surface area contributed by atoms with Gasteiger partial charge in [0, 0.05) is 6.04 Å². The number of nitrogens with two attached hydrogens (primary N) is 2. The number of rotatable bonds is 6. The molecule has 0 unspecified atom stereocenters. The molecule has 0 aliphatic carbocycles. The van der Waals surface area contributed by atoms with Gasteiger partial charge in [-0.1, -0.05) is 34.1 Å². The molecule has 128 valence electrons. The van der Waals surface area contributed by atoms with Crippen LogP contribution in [0.2, 0.25) is 0 Å². The van der Waals surface area contributed by atoms with Crippen LogP contribution >= 0.6 is 0 Å². The number of carbonyl (C=O) groups excluding carboxylic acids is 1. The van der Waals surface area contributed by atoms with Crippen molar-refractivity contribution in [2.75, 3.05) is 26.7 Å². The summed E-state index contributed by atoms with van der Waals surface area (Å²) in [5.41, 5.74) is 11.2. The highest BCUT2D eigenvalue weighted by Crippen LogP contribution is 2.08. The van der Waals surface area contributed by atoms with Crippen molar-refractivity contribution in [3.63, 3.8) is 0 Å². The van der Waals surface area contributed by atoms with Gasteiger partial charge in [-0.25, -0.2) is 0 Å². The normalized spacial score (nSPS) is 16.9. The maximum Gasteiger partial charge on any atom is 0.237 e. The molecule has 5 N–H and O–H groups in total. The van der Waals surface area contributed by atoms with E-state index in [1.54, 1.807) is 0 Å². The number of carbonyl (C=O) groups is 1. The lowest BCUT2D eigenvalue weighted by molar-refractivity contribution is -0.123. The van der Waals surface area contributed by atoms with Gasteiger partial charge in [0.15, 0.2) is 0 Å². The SMILES string of the molecule is CC.CC.CN1CCC(NC(=O)[C@@H](N)CCCCN)CC1. The van der Waals surface area contributed by atoms with Gasteiger partial charge >= 0.3 is 0 Å². The van der Waals surface area contributed by atoms with Crippen molar-refractivity contribution in [2.24, 2.45) is 11.5 Å². The Morgan fingerprint density at radius 1 is 1.19 bits per heavy atom. The van der Waals surface area contributed by atoms with Crippen LogP contribution in [-0.2, 0) is 4.79 Å². The summed E-state index contributed by atoms with van der Waals surface area (Å²) < 4.78 is 0. The van der Waals surface area contributed by atoms with E-state index in [1.807, 2.05) is 27.7 Å². The second-order valence-electron chi connectivity index (χ2n) is 4.98. The van der Waals surface area contributed by atoms with E-state index in [-0.39, 0.29) is 11.9 Å². The first kappa shape index (κ1) is 22.6. The molecule has 1 amide bonds. The predicted molar refractivity (Wildman–Crippen MR) is 92.2 cm³/mol. The summed E-state index contributed by atoms with van der Waals surface area (Å²) in [7, 11) is 2.11. The maximum atomic E-state index is 11.8. The van der Waals surface area contributed by atoms with Gasteiger partial charge in [0.2, 0.25) is 5.91 Å². The second kappa shape index (κ2) is 15.7. The molecule has 0 aromatic rings. The van der Waals surface area contributed by atoms with Crippen LogP contribution in [0.5, 0.6) is 0 Å². The van der Waals surface area contributed by atoms with E-state index in [4.69, 9.17) is 11.5 Å². The molecule has 0 spiro atoms. The molecule has 5 heteroatoms. The van der Waals surface area contributed by atoms with Crippen LogP contribution in [0.25, 0.3) is 0 Å². The minimum absolute atomic E-state index is 0.00317. The third-order valence-corrected chi connectivity index (χ3v) is 3.37. The smallest absolute Gasteiger partial charge is 0.237 e. The Balaban J connectivity index is 0. The average molecular weight is 303 g/mol. The molecule has 1 aliphatic heterocycles. The molecule has 5 nitrogen and oxygen atoms in total. The zero-order chi connectivity index (χ0) is 16.7. The highest BCUT2D eigenvalue weighted by atomic mass is 16.2. The van der Waals surface area contributed by atoms with Crippen molar-refractivity contribution in [2.45, 2.75) is 71.9 Å². The number of unbranched alkanes of at least 4 members (excludes halogenated alkanes) is 1. The first-order chi connectivity index (χ1) is 10.1. The minimum Gasteiger partial charge on any atom is -0.352 e. The van der Waals surface area contributed by atoms with Crippen molar-refractivity contribution < 1.29 is 4.79 Å². The molecule has 1 aliphatic rings. The molecule has 0 radical (unpaired) electrons. The standard InChI is InChI=1S/C12H26N4O.2C2H6/c1-16-8-5-10(6-9-16)15-12(17)11(14)4-2-3-7-13;2*1-2/h10-11H,2-9,13-14H2,1H3,(H,15,17);2*1-2H3/t11-;;/m0../s1. The fourth-order valence-electron chi connectivity index (χ4n) is 2.10. The van der Waals surface area contributed by atoms with Crippen molar-refractivity contribution in [3.8, 4) is 0 Å². The highest BCUT2D eigenvalue weighted by Gasteiger charge is 2.21. The Hall–Kier alpha value is -0.650. The Morgan fingerprint density at radius 2 is 1.71 bits per heavy atom. The lowest BCUT2D eigenvalue weighted by atomic mass is 10.0. The highest BCUT2D eigenvalue weighted by molar-refractivity contribution is 5.81. The number of amides is 1. The zero-order valence-electron chi connectivity index (χ0n) is 14.8. The van der Waals surface area contributed by atoms with E-state index < -0.39 is 0 Å². The van der Waals surface area contributed by atoms with Crippen LogP contribution in [-0.4, -0.2) is 49.6 Å². The summed E-state index contributed by atoms with van der Waals surface area (Å²) in [6, 6.07) is -0.0690. The summed E-state index contributed by atoms with van der Waals surface area (Å²) >= 11 is 0. The summed E-state index contributed by atoms with van der Waals surface area (Å²) in [6.07, 6.45) is 4.65. The molecule has 0 bridgehead atoms. The minimum atomic E-state index is -0.374. The molecule has 1 fully saturated rings. The van der Waals surface area contributed by atoms with E-state index in [2.05, 4.69) is 17.3 Å². The quantitative estimate of drug-likeness (QED) is 0.652. The maximum absolute atomic E-state index is 11.8. The van der Waals surface area contributed by atoms with Gasteiger partial charge in [-0.2, -0.15) is 0 Å². The van der Waals surface area contributed by atoms with Gasteiger partial charge in [-0.15, -0.1) is 0 Å². The molecule has 1 atom stereocenters. The second-order valence-corrected chi connectivity index (χ2v) is 4.98. The molecule has 21 heavy (non-hydrogen) atoms. The third kappa shape index (κ3) is 11.7. The summed E-state index contributed by atoms with van der Waals surface area (Å²) in [5, 5.41) is 3.04. The number of hydrogen-bond acceptors (Lipinski definition) is 4. The van der Waals surface area contributed by atoms with Gasteiger partial charge in [-0.05, 0) is 52.4 Å². The molecular weight excluding hydrogens is 264 g/mol. The van der Waals surface area contributed by atoms with Gasteiger partial charge in [0.25, 0.3) is 0 Å². The van der Waals surface area contributed by atoms with Crippen molar-refractivity contribution in [3.05, 3.63) is 0 Å². The van der Waals surface area contributed by atoms with Crippen molar-refractivity contribution >= 4 is 5.91 Å². The predicted octanol–water partition coefficient (Wildman–Crippen LogP) is 1.71.